The van der Waals surface area contributed by atoms with Crippen LogP contribution in [0.5, 0.6) is 0 Å². The molecule has 0 aromatic carbocycles. The first-order valence-electron chi connectivity index (χ1n) is 10.5. The summed E-state index contributed by atoms with van der Waals surface area (Å²) < 4.78 is 17.4. The van der Waals surface area contributed by atoms with Crippen LogP contribution < -0.4 is 0 Å². The van der Waals surface area contributed by atoms with E-state index in [0.29, 0.717) is 13.6 Å². The lowest BCUT2D eigenvalue weighted by atomic mass is 10.1. The van der Waals surface area contributed by atoms with Crippen LogP contribution in [-0.2, 0) is 14.2 Å². The Morgan fingerprint density at radius 3 is 1.41 bits per heavy atom. The van der Waals surface area contributed by atoms with E-state index in [1.54, 1.807) is 0 Å². The van der Waals surface area contributed by atoms with Crippen molar-refractivity contribution >= 4 is 31.9 Å². The monoisotopic (exact) mass is 510 g/mol. The highest BCUT2D eigenvalue weighted by atomic mass is 79.9. The second-order valence-corrected chi connectivity index (χ2v) is 8.23. The number of halogens is 2. The molecule has 0 aromatic heterocycles. The van der Waals surface area contributed by atoms with Crippen LogP contribution in [0.1, 0.15) is 78.1 Å². The summed E-state index contributed by atoms with van der Waals surface area (Å²) in [6, 6.07) is 0. The van der Waals surface area contributed by atoms with Crippen LogP contribution in [-0.4, -0.2) is 36.5 Å². The molecule has 0 fully saturated rings. The maximum atomic E-state index is 5.90. The molecular formula is C22H40Br2O3. The van der Waals surface area contributed by atoms with Gasteiger partial charge in [-0.15, -0.1) is 0 Å². The Morgan fingerprint density at radius 1 is 0.630 bits per heavy atom. The molecule has 0 amide bonds. The molecule has 0 aliphatic heterocycles. The lowest BCUT2D eigenvalue weighted by Gasteiger charge is -2.19. The summed E-state index contributed by atoms with van der Waals surface area (Å²) in [6.07, 6.45) is 20.3. The molecule has 2 unspecified atom stereocenters. The summed E-state index contributed by atoms with van der Waals surface area (Å²) in [7, 11) is 0. The normalized spacial score (nSPS) is 14.4. The SMILES string of the molecule is CCCC(CCC=CCCBr)OCOCOC(CCC)CCC=CCCBr. The van der Waals surface area contributed by atoms with Gasteiger partial charge in [-0.2, -0.15) is 0 Å². The number of hydrogen-bond donors (Lipinski definition) is 0. The lowest BCUT2D eigenvalue weighted by molar-refractivity contribution is -0.167. The summed E-state index contributed by atoms with van der Waals surface area (Å²) in [5.74, 6) is 0. The molecule has 2 atom stereocenters. The minimum atomic E-state index is 0.273. The third-order valence-electron chi connectivity index (χ3n) is 4.19. The molecule has 3 nitrogen and oxygen atoms in total. The van der Waals surface area contributed by atoms with Crippen LogP contribution in [0, 0.1) is 0 Å². The van der Waals surface area contributed by atoms with Crippen molar-refractivity contribution in [2.24, 2.45) is 0 Å². The predicted molar refractivity (Wildman–Crippen MR) is 124 cm³/mol. The van der Waals surface area contributed by atoms with Crippen molar-refractivity contribution in [2.75, 3.05) is 24.2 Å². The van der Waals surface area contributed by atoms with Gasteiger partial charge in [0.05, 0.1) is 12.2 Å². The average molecular weight is 512 g/mol. The topological polar surface area (TPSA) is 27.7 Å². The molecule has 0 rings (SSSR count). The zero-order chi connectivity index (χ0) is 20.0. The summed E-state index contributed by atoms with van der Waals surface area (Å²) >= 11 is 6.88. The largest absolute Gasteiger partial charge is 0.352 e. The van der Waals surface area contributed by atoms with Gasteiger partial charge in [0.15, 0.2) is 0 Å². The van der Waals surface area contributed by atoms with Gasteiger partial charge < -0.3 is 14.2 Å². The van der Waals surface area contributed by atoms with E-state index in [4.69, 9.17) is 14.2 Å². The van der Waals surface area contributed by atoms with Crippen LogP contribution in [0.2, 0.25) is 0 Å². The number of alkyl halides is 2. The average Bonchev–Trinajstić information content (AvgIpc) is 2.67. The maximum absolute atomic E-state index is 5.90. The molecule has 0 saturated carbocycles. The van der Waals surface area contributed by atoms with Gasteiger partial charge in [0.2, 0.25) is 0 Å². The van der Waals surface area contributed by atoms with E-state index in [9.17, 15) is 0 Å². The van der Waals surface area contributed by atoms with E-state index in [1.165, 1.54) is 0 Å². The van der Waals surface area contributed by atoms with Crippen LogP contribution in [0.25, 0.3) is 0 Å². The second-order valence-electron chi connectivity index (χ2n) is 6.65. The molecule has 5 heteroatoms. The zero-order valence-corrected chi connectivity index (χ0v) is 20.5. The predicted octanol–water partition coefficient (Wildman–Crippen LogP) is 7.53. The Kier molecular flexibility index (Phi) is 22.9. The molecule has 0 aliphatic rings. The Hall–Kier alpha value is 0.320. The Morgan fingerprint density at radius 2 is 1.04 bits per heavy atom. The highest BCUT2D eigenvalue weighted by Crippen LogP contribution is 2.12. The number of rotatable bonds is 20. The van der Waals surface area contributed by atoms with Crippen LogP contribution >= 0.6 is 31.9 Å². The maximum Gasteiger partial charge on any atom is 0.149 e. The standard InChI is InChI=1S/C22H40Br2O3/c1-3-13-21(15-9-5-7-11-17-23)26-19-25-20-27-22(14-4-2)16-10-6-8-12-18-24/h5-8,21-22H,3-4,9-20H2,1-2H3. The third kappa shape index (κ3) is 19.4. The quantitative estimate of drug-likeness (QED) is 0.0731. The van der Waals surface area contributed by atoms with E-state index in [1.807, 2.05) is 0 Å². The molecule has 0 heterocycles. The molecule has 0 aromatic rings. The minimum absolute atomic E-state index is 0.273. The fourth-order valence-corrected chi connectivity index (χ4v) is 3.28. The Bertz CT molecular complexity index is 316. The molecule has 0 spiro atoms. The van der Waals surface area contributed by atoms with Crippen LogP contribution in [0.3, 0.4) is 0 Å². The van der Waals surface area contributed by atoms with E-state index in [0.717, 1.165) is 74.9 Å². The van der Waals surface area contributed by atoms with Crippen molar-refractivity contribution in [3.8, 4) is 0 Å². The second kappa shape index (κ2) is 22.6. The van der Waals surface area contributed by atoms with Gasteiger partial charge in [-0.05, 0) is 51.4 Å². The van der Waals surface area contributed by atoms with Gasteiger partial charge in [0.1, 0.15) is 13.6 Å². The van der Waals surface area contributed by atoms with Crippen molar-refractivity contribution in [1.29, 1.82) is 0 Å². The van der Waals surface area contributed by atoms with Crippen LogP contribution in [0.15, 0.2) is 24.3 Å². The molecule has 0 saturated heterocycles. The Labute approximate surface area is 184 Å². The minimum Gasteiger partial charge on any atom is -0.352 e. The summed E-state index contributed by atoms with van der Waals surface area (Å²) in [5, 5.41) is 2.05. The molecule has 0 aliphatic carbocycles. The molecule has 0 bridgehead atoms. The molecular weight excluding hydrogens is 472 g/mol. The highest BCUT2D eigenvalue weighted by molar-refractivity contribution is 9.09. The van der Waals surface area contributed by atoms with E-state index in [2.05, 4.69) is 70.0 Å². The Balaban J connectivity index is 3.90. The smallest absolute Gasteiger partial charge is 0.149 e. The summed E-state index contributed by atoms with van der Waals surface area (Å²) in [6.45, 7) is 5.03. The first kappa shape index (κ1) is 27.3. The van der Waals surface area contributed by atoms with Crippen LogP contribution in [0.4, 0.5) is 0 Å². The van der Waals surface area contributed by atoms with Crippen molar-refractivity contribution in [1.82, 2.24) is 0 Å². The van der Waals surface area contributed by atoms with E-state index < -0.39 is 0 Å². The number of hydrogen-bond acceptors (Lipinski definition) is 3. The van der Waals surface area contributed by atoms with Gasteiger partial charge in [-0.3, -0.25) is 0 Å². The van der Waals surface area contributed by atoms with Crippen molar-refractivity contribution in [2.45, 2.75) is 90.3 Å². The van der Waals surface area contributed by atoms with Crippen molar-refractivity contribution in [3.05, 3.63) is 24.3 Å². The van der Waals surface area contributed by atoms with Gasteiger partial charge in [0.25, 0.3) is 0 Å². The van der Waals surface area contributed by atoms with E-state index >= 15 is 0 Å². The van der Waals surface area contributed by atoms with E-state index in [-0.39, 0.29) is 12.2 Å². The van der Waals surface area contributed by atoms with Gasteiger partial charge in [-0.1, -0.05) is 82.9 Å². The summed E-state index contributed by atoms with van der Waals surface area (Å²) in [5.41, 5.74) is 0. The molecule has 27 heavy (non-hydrogen) atoms. The number of ether oxygens (including phenoxy) is 3. The molecule has 0 N–H and O–H groups in total. The summed E-state index contributed by atoms with van der Waals surface area (Å²) in [4.78, 5) is 0. The number of allylic oxidation sites excluding steroid dienone is 4. The highest BCUT2D eigenvalue weighted by Gasteiger charge is 2.09. The lowest BCUT2D eigenvalue weighted by Crippen LogP contribution is -2.18. The van der Waals surface area contributed by atoms with Gasteiger partial charge >= 0.3 is 0 Å². The van der Waals surface area contributed by atoms with Crippen molar-refractivity contribution in [3.63, 3.8) is 0 Å². The molecule has 160 valence electrons. The fourth-order valence-electron chi connectivity index (χ4n) is 2.75. The zero-order valence-electron chi connectivity index (χ0n) is 17.3. The molecule has 0 radical (unpaired) electrons. The van der Waals surface area contributed by atoms with Gasteiger partial charge in [-0.25, -0.2) is 0 Å². The first-order valence-corrected chi connectivity index (χ1v) is 12.8. The fraction of sp³-hybridized carbons (Fsp3) is 0.818. The first-order chi connectivity index (χ1) is 13.3. The van der Waals surface area contributed by atoms with Gasteiger partial charge in [0, 0.05) is 10.7 Å². The third-order valence-corrected chi connectivity index (χ3v) is 5.11. The van der Waals surface area contributed by atoms with Crippen molar-refractivity contribution < 1.29 is 14.2 Å².